The molecule has 170 valence electrons. The predicted octanol–water partition coefficient (Wildman–Crippen LogP) is 4.69. The number of anilines is 3. The number of rotatable bonds is 5. The number of benzene rings is 2. The van der Waals surface area contributed by atoms with E-state index in [4.69, 9.17) is 22.2 Å². The number of nitrogens with zero attached hydrogens (tertiary/aromatic N) is 4. The van der Waals surface area contributed by atoms with Crippen molar-refractivity contribution in [2.75, 3.05) is 34.8 Å². The van der Waals surface area contributed by atoms with Gasteiger partial charge in [-0.25, -0.2) is 0 Å². The SMILES string of the molecule is C[C@@H](NC(=S)Nc1nc(N2CCCC2)cc(N2CCc3ccccc3C2)n1)c1ccccc1. The van der Waals surface area contributed by atoms with Crippen LogP contribution in [0.3, 0.4) is 0 Å². The summed E-state index contributed by atoms with van der Waals surface area (Å²) in [4.78, 5) is 14.4. The molecular weight excluding hydrogens is 428 g/mol. The lowest BCUT2D eigenvalue weighted by atomic mass is 10.00. The van der Waals surface area contributed by atoms with E-state index < -0.39 is 0 Å². The number of hydrogen-bond donors (Lipinski definition) is 2. The van der Waals surface area contributed by atoms with Crippen molar-refractivity contribution >= 4 is 34.9 Å². The second-order valence-corrected chi connectivity index (χ2v) is 9.18. The van der Waals surface area contributed by atoms with Crippen LogP contribution in [0.2, 0.25) is 0 Å². The molecule has 7 heteroatoms. The fourth-order valence-electron chi connectivity index (χ4n) is 4.60. The van der Waals surface area contributed by atoms with Gasteiger partial charge in [-0.3, -0.25) is 0 Å². The van der Waals surface area contributed by atoms with E-state index in [1.807, 2.05) is 18.2 Å². The second-order valence-electron chi connectivity index (χ2n) is 8.77. The second kappa shape index (κ2) is 9.75. The molecule has 0 radical (unpaired) electrons. The minimum Gasteiger partial charge on any atom is -0.356 e. The maximum Gasteiger partial charge on any atom is 0.232 e. The van der Waals surface area contributed by atoms with E-state index in [1.54, 1.807) is 0 Å². The van der Waals surface area contributed by atoms with Gasteiger partial charge in [0.25, 0.3) is 0 Å². The largest absolute Gasteiger partial charge is 0.356 e. The van der Waals surface area contributed by atoms with Gasteiger partial charge in [-0.05, 0) is 55.1 Å². The molecule has 2 aliphatic heterocycles. The molecule has 1 saturated heterocycles. The molecule has 2 N–H and O–H groups in total. The van der Waals surface area contributed by atoms with Gasteiger partial charge in [-0.15, -0.1) is 0 Å². The average Bonchev–Trinajstić information content (AvgIpc) is 3.39. The zero-order valence-corrected chi connectivity index (χ0v) is 19.8. The summed E-state index contributed by atoms with van der Waals surface area (Å²) < 4.78 is 0. The van der Waals surface area contributed by atoms with Crippen LogP contribution in [0.25, 0.3) is 0 Å². The Labute approximate surface area is 201 Å². The van der Waals surface area contributed by atoms with Crippen molar-refractivity contribution in [1.29, 1.82) is 0 Å². The maximum absolute atomic E-state index is 5.61. The minimum atomic E-state index is 0.0889. The van der Waals surface area contributed by atoms with Crippen molar-refractivity contribution in [3.8, 4) is 0 Å². The molecule has 0 bridgehead atoms. The minimum absolute atomic E-state index is 0.0889. The summed E-state index contributed by atoms with van der Waals surface area (Å²) in [5.41, 5.74) is 3.98. The molecule has 0 saturated carbocycles. The van der Waals surface area contributed by atoms with E-state index >= 15 is 0 Å². The third kappa shape index (κ3) is 5.09. The van der Waals surface area contributed by atoms with Crippen molar-refractivity contribution in [3.63, 3.8) is 0 Å². The molecular formula is C26H30N6S. The van der Waals surface area contributed by atoms with Crippen molar-refractivity contribution in [3.05, 3.63) is 77.4 Å². The molecule has 0 spiro atoms. The summed E-state index contributed by atoms with van der Waals surface area (Å²) in [6.07, 6.45) is 3.43. The molecule has 1 aromatic heterocycles. The Morgan fingerprint density at radius 2 is 1.55 bits per heavy atom. The van der Waals surface area contributed by atoms with Crippen LogP contribution in [0.5, 0.6) is 0 Å². The molecule has 5 rings (SSSR count). The van der Waals surface area contributed by atoms with Crippen LogP contribution in [-0.4, -0.2) is 34.7 Å². The average molecular weight is 459 g/mol. The van der Waals surface area contributed by atoms with Gasteiger partial charge in [0.2, 0.25) is 5.95 Å². The zero-order chi connectivity index (χ0) is 22.6. The first-order valence-corrected chi connectivity index (χ1v) is 12.1. The molecule has 3 heterocycles. The highest BCUT2D eigenvalue weighted by Gasteiger charge is 2.22. The fourth-order valence-corrected chi connectivity index (χ4v) is 4.87. The highest BCUT2D eigenvalue weighted by molar-refractivity contribution is 7.80. The van der Waals surface area contributed by atoms with Gasteiger partial charge in [0.1, 0.15) is 11.6 Å². The first kappa shape index (κ1) is 21.6. The molecule has 0 aliphatic carbocycles. The smallest absolute Gasteiger partial charge is 0.232 e. The summed E-state index contributed by atoms with van der Waals surface area (Å²) in [5, 5.41) is 7.14. The highest BCUT2D eigenvalue weighted by atomic mass is 32.1. The maximum atomic E-state index is 5.61. The van der Waals surface area contributed by atoms with Crippen LogP contribution in [-0.2, 0) is 13.0 Å². The number of nitrogens with one attached hydrogen (secondary N) is 2. The Morgan fingerprint density at radius 3 is 2.30 bits per heavy atom. The number of fused-ring (bicyclic) bond motifs is 1. The van der Waals surface area contributed by atoms with Crippen LogP contribution >= 0.6 is 12.2 Å². The molecule has 1 atom stereocenters. The standard InChI is InChI=1S/C26H30N6S/c1-19(20-9-3-2-4-10-20)27-26(33)30-25-28-23(31-14-7-8-15-31)17-24(29-25)32-16-13-21-11-5-6-12-22(21)18-32/h2-6,9-12,17,19H,7-8,13-16,18H2,1H3,(H2,27,28,29,30,33)/t19-/m1/s1. The highest BCUT2D eigenvalue weighted by Crippen LogP contribution is 2.28. The van der Waals surface area contributed by atoms with E-state index in [-0.39, 0.29) is 6.04 Å². The lowest BCUT2D eigenvalue weighted by Gasteiger charge is -2.31. The fraction of sp³-hybridized carbons (Fsp3) is 0.346. The molecule has 2 aromatic carbocycles. The molecule has 33 heavy (non-hydrogen) atoms. The number of aromatic nitrogens is 2. The van der Waals surface area contributed by atoms with Crippen molar-refractivity contribution in [2.24, 2.45) is 0 Å². The lowest BCUT2D eigenvalue weighted by molar-refractivity contribution is 0.717. The van der Waals surface area contributed by atoms with E-state index in [1.165, 1.54) is 29.5 Å². The summed E-state index contributed by atoms with van der Waals surface area (Å²) in [5.74, 6) is 2.46. The number of thiocarbonyl (C=S) groups is 1. The molecule has 2 aliphatic rings. The Balaban J connectivity index is 1.36. The van der Waals surface area contributed by atoms with Crippen molar-refractivity contribution in [1.82, 2.24) is 15.3 Å². The van der Waals surface area contributed by atoms with Gasteiger partial charge in [0, 0.05) is 32.2 Å². The Kier molecular flexibility index (Phi) is 6.39. The van der Waals surface area contributed by atoms with Crippen LogP contribution in [0.1, 0.15) is 42.5 Å². The topological polar surface area (TPSA) is 56.3 Å². The Bertz CT molecular complexity index is 1110. The van der Waals surface area contributed by atoms with Gasteiger partial charge in [0.15, 0.2) is 5.11 Å². The molecule has 1 fully saturated rings. The van der Waals surface area contributed by atoms with Crippen LogP contribution < -0.4 is 20.4 Å². The number of hydrogen-bond acceptors (Lipinski definition) is 5. The monoisotopic (exact) mass is 458 g/mol. The normalized spacial score (nSPS) is 16.3. The van der Waals surface area contributed by atoms with Crippen LogP contribution in [0.4, 0.5) is 17.6 Å². The van der Waals surface area contributed by atoms with Crippen molar-refractivity contribution < 1.29 is 0 Å². The first-order valence-electron chi connectivity index (χ1n) is 11.7. The van der Waals surface area contributed by atoms with Crippen LogP contribution in [0.15, 0.2) is 60.7 Å². The molecule has 3 aromatic rings. The summed E-state index contributed by atoms with van der Waals surface area (Å²) in [6.45, 7) is 5.97. The van der Waals surface area contributed by atoms with E-state index in [9.17, 15) is 0 Å². The third-order valence-electron chi connectivity index (χ3n) is 6.46. The quantitative estimate of drug-likeness (QED) is 0.538. The van der Waals surface area contributed by atoms with E-state index in [0.29, 0.717) is 11.1 Å². The van der Waals surface area contributed by atoms with Gasteiger partial charge >= 0.3 is 0 Å². The zero-order valence-electron chi connectivity index (χ0n) is 19.0. The summed E-state index contributed by atoms with van der Waals surface area (Å²) >= 11 is 5.61. The van der Waals surface area contributed by atoms with Gasteiger partial charge in [0.05, 0.1) is 6.04 Å². The Hall–Kier alpha value is -3.19. The molecule has 0 amide bonds. The first-order chi connectivity index (χ1) is 16.2. The predicted molar refractivity (Wildman–Crippen MR) is 139 cm³/mol. The van der Waals surface area contributed by atoms with Crippen LogP contribution in [0, 0.1) is 0 Å². The third-order valence-corrected chi connectivity index (χ3v) is 6.68. The molecule has 0 unspecified atom stereocenters. The summed E-state index contributed by atoms with van der Waals surface area (Å²) in [7, 11) is 0. The lowest BCUT2D eigenvalue weighted by Crippen LogP contribution is -2.33. The van der Waals surface area contributed by atoms with Gasteiger partial charge < -0.3 is 20.4 Å². The summed E-state index contributed by atoms with van der Waals surface area (Å²) in [6, 6.07) is 21.2. The Morgan fingerprint density at radius 1 is 0.879 bits per heavy atom. The van der Waals surface area contributed by atoms with Crippen molar-refractivity contribution in [2.45, 2.75) is 38.8 Å². The van der Waals surface area contributed by atoms with E-state index in [2.05, 4.69) is 69.8 Å². The van der Waals surface area contributed by atoms with Gasteiger partial charge in [-0.2, -0.15) is 9.97 Å². The van der Waals surface area contributed by atoms with Gasteiger partial charge in [-0.1, -0.05) is 54.6 Å². The van der Waals surface area contributed by atoms with E-state index in [0.717, 1.165) is 44.2 Å². The molecule has 6 nitrogen and oxygen atoms in total.